The number of carbonyl (C=O) groups excluding carboxylic acids is 1. The minimum atomic E-state index is -0.306. The highest BCUT2D eigenvalue weighted by Gasteiger charge is 2.31. The molecular weight excluding hydrogens is 517 g/mol. The Hall–Kier alpha value is -4.10. The van der Waals surface area contributed by atoms with Crippen LogP contribution < -0.4 is 10.8 Å². The van der Waals surface area contributed by atoms with E-state index in [1.165, 1.54) is 0 Å². The van der Waals surface area contributed by atoms with Crippen molar-refractivity contribution in [3.05, 3.63) is 113 Å². The summed E-state index contributed by atoms with van der Waals surface area (Å²) < 4.78 is 1.85. The molecule has 0 saturated carbocycles. The summed E-state index contributed by atoms with van der Waals surface area (Å²) in [5.74, 6) is 1.03. The molecule has 8 heteroatoms. The summed E-state index contributed by atoms with van der Waals surface area (Å²) in [6, 6.07) is 30.0. The Morgan fingerprint density at radius 2 is 1.68 bits per heavy atom. The van der Waals surface area contributed by atoms with Crippen LogP contribution in [0.4, 0.5) is 5.82 Å². The van der Waals surface area contributed by atoms with Crippen molar-refractivity contribution in [3.8, 4) is 11.3 Å². The number of nitrogens with one attached hydrogen (secondary N) is 1. The van der Waals surface area contributed by atoms with Crippen molar-refractivity contribution >= 4 is 42.3 Å². The molecule has 0 spiro atoms. The number of anilines is 1. The van der Waals surface area contributed by atoms with E-state index < -0.39 is 0 Å². The number of rotatable bonds is 7. The number of piperidine rings is 1. The van der Waals surface area contributed by atoms with Crippen molar-refractivity contribution in [3.63, 3.8) is 0 Å². The zero-order valence-electron chi connectivity index (χ0n) is 22.5. The van der Waals surface area contributed by atoms with Crippen molar-refractivity contribution in [1.29, 1.82) is 0 Å². The van der Waals surface area contributed by atoms with Gasteiger partial charge in [0.05, 0.1) is 11.6 Å². The summed E-state index contributed by atoms with van der Waals surface area (Å²) in [5.41, 5.74) is 5.54. The predicted molar refractivity (Wildman–Crippen MR) is 164 cm³/mol. The number of aromatic nitrogens is 3. The van der Waals surface area contributed by atoms with Gasteiger partial charge in [-0.2, -0.15) is 9.61 Å². The summed E-state index contributed by atoms with van der Waals surface area (Å²) >= 11 is 6.51. The Kier molecular flexibility index (Phi) is 7.56. The molecule has 1 aliphatic rings. The summed E-state index contributed by atoms with van der Waals surface area (Å²) in [4.78, 5) is 20.9. The molecule has 1 atom stereocenters. The lowest BCUT2D eigenvalue weighted by molar-refractivity contribution is -0.133. The van der Waals surface area contributed by atoms with E-state index in [1.54, 1.807) is 0 Å². The average Bonchev–Trinajstić information content (AvgIpc) is 3.38. The highest BCUT2D eigenvalue weighted by atomic mass is 35.5. The van der Waals surface area contributed by atoms with E-state index in [0.29, 0.717) is 17.5 Å². The third-order valence-corrected chi connectivity index (χ3v) is 8.04. The second-order valence-corrected chi connectivity index (χ2v) is 10.9. The SMILES string of the molecule is Bc1cnn2c(NCC3CCCN(C(=O)C(c4ccccc4)c4ccccc4)C3)cc(-c3ccccc3Cl)nc12. The fourth-order valence-corrected chi connectivity index (χ4v) is 5.87. The van der Waals surface area contributed by atoms with E-state index in [-0.39, 0.29) is 11.8 Å². The van der Waals surface area contributed by atoms with Crippen LogP contribution in [0.25, 0.3) is 16.9 Å². The van der Waals surface area contributed by atoms with Crippen LogP contribution in [0, 0.1) is 5.92 Å². The molecular formula is C32H31BClN5O. The van der Waals surface area contributed by atoms with Gasteiger partial charge in [0.1, 0.15) is 13.7 Å². The molecule has 200 valence electrons. The van der Waals surface area contributed by atoms with Crippen LogP contribution in [0.1, 0.15) is 29.9 Å². The number of nitrogens with zero attached hydrogens (tertiary/aromatic N) is 4. The normalized spacial score (nSPS) is 15.4. The van der Waals surface area contributed by atoms with E-state index in [9.17, 15) is 4.79 Å². The highest BCUT2D eigenvalue weighted by molar-refractivity contribution is 6.36. The van der Waals surface area contributed by atoms with Gasteiger partial charge in [-0.05, 0) is 41.4 Å². The number of halogens is 1. The van der Waals surface area contributed by atoms with Gasteiger partial charge in [-0.3, -0.25) is 4.79 Å². The van der Waals surface area contributed by atoms with E-state index in [4.69, 9.17) is 16.6 Å². The monoisotopic (exact) mass is 547 g/mol. The van der Waals surface area contributed by atoms with E-state index in [1.807, 2.05) is 85.3 Å². The molecule has 1 saturated heterocycles. The average molecular weight is 548 g/mol. The smallest absolute Gasteiger partial charge is 0.234 e. The molecule has 3 heterocycles. The highest BCUT2D eigenvalue weighted by Crippen LogP contribution is 2.31. The van der Waals surface area contributed by atoms with Crippen molar-refractivity contribution in [2.45, 2.75) is 18.8 Å². The standard InChI is InChI=1S/C32H31BClN5O/c33-26-20-36-39-29(18-28(37-31(26)39)25-15-7-8-16-27(25)34)35-19-22-10-9-17-38(21-22)32(40)30(23-11-3-1-4-12-23)24-13-5-2-6-14-24/h1-8,11-16,18,20,22,30,35H,9-10,17,19,21,33H2. The Balaban J connectivity index is 1.22. The lowest BCUT2D eigenvalue weighted by Gasteiger charge is -2.35. The molecule has 0 aliphatic carbocycles. The largest absolute Gasteiger partial charge is 0.370 e. The van der Waals surface area contributed by atoms with Crippen LogP contribution in [0.3, 0.4) is 0 Å². The van der Waals surface area contributed by atoms with Crippen molar-refractivity contribution in [2.75, 3.05) is 25.0 Å². The van der Waals surface area contributed by atoms with Crippen LogP contribution in [-0.2, 0) is 4.79 Å². The first kappa shape index (κ1) is 26.1. The van der Waals surface area contributed by atoms with Crippen molar-refractivity contribution < 1.29 is 4.79 Å². The molecule has 1 N–H and O–H groups in total. The van der Waals surface area contributed by atoms with Crippen LogP contribution in [0.2, 0.25) is 5.02 Å². The first-order chi connectivity index (χ1) is 19.6. The maximum atomic E-state index is 14.0. The maximum Gasteiger partial charge on any atom is 0.234 e. The zero-order valence-corrected chi connectivity index (χ0v) is 23.3. The topological polar surface area (TPSA) is 62.5 Å². The Morgan fingerprint density at radius 1 is 1.00 bits per heavy atom. The zero-order chi connectivity index (χ0) is 27.5. The Morgan fingerprint density at radius 3 is 2.38 bits per heavy atom. The van der Waals surface area contributed by atoms with Crippen LogP contribution >= 0.6 is 11.6 Å². The van der Waals surface area contributed by atoms with E-state index in [2.05, 4.69) is 39.6 Å². The molecule has 1 fully saturated rings. The van der Waals surface area contributed by atoms with Crippen LogP contribution in [0.15, 0.2) is 97.2 Å². The second kappa shape index (κ2) is 11.6. The first-order valence-electron chi connectivity index (χ1n) is 13.8. The molecule has 0 radical (unpaired) electrons. The van der Waals surface area contributed by atoms with Crippen LogP contribution in [-0.4, -0.2) is 52.9 Å². The van der Waals surface area contributed by atoms with Gasteiger partial charge in [-0.1, -0.05) is 90.5 Å². The number of fused-ring (bicyclic) bond motifs is 1. The fraction of sp³-hybridized carbons (Fsp3) is 0.219. The van der Waals surface area contributed by atoms with E-state index in [0.717, 1.165) is 65.2 Å². The second-order valence-electron chi connectivity index (χ2n) is 10.5. The summed E-state index contributed by atoms with van der Waals surface area (Å²) in [7, 11) is 2.01. The van der Waals surface area contributed by atoms with Gasteiger partial charge in [0.2, 0.25) is 5.91 Å². The lowest BCUT2D eigenvalue weighted by atomic mass is 9.88. The number of hydrogen-bond donors (Lipinski definition) is 1. The van der Waals surface area contributed by atoms with Crippen molar-refractivity contribution in [2.24, 2.45) is 5.92 Å². The number of likely N-dealkylation sites (tertiary alicyclic amines) is 1. The minimum Gasteiger partial charge on any atom is -0.370 e. The first-order valence-corrected chi connectivity index (χ1v) is 14.2. The summed E-state index contributed by atoms with van der Waals surface area (Å²) in [5, 5.41) is 8.86. The molecule has 3 aromatic carbocycles. The lowest BCUT2D eigenvalue weighted by Crippen LogP contribution is -2.44. The molecule has 40 heavy (non-hydrogen) atoms. The number of carbonyl (C=O) groups is 1. The molecule has 6 nitrogen and oxygen atoms in total. The number of benzene rings is 3. The molecule has 5 aromatic rings. The van der Waals surface area contributed by atoms with Crippen LogP contribution in [0.5, 0.6) is 0 Å². The molecule has 1 aliphatic heterocycles. The van der Waals surface area contributed by atoms with Gasteiger partial charge >= 0.3 is 0 Å². The molecule has 6 rings (SSSR count). The fourth-order valence-electron chi connectivity index (χ4n) is 5.64. The van der Waals surface area contributed by atoms with Gasteiger partial charge in [-0.15, -0.1) is 0 Å². The van der Waals surface area contributed by atoms with Gasteiger partial charge in [0.15, 0.2) is 5.65 Å². The minimum absolute atomic E-state index is 0.164. The third kappa shape index (κ3) is 5.34. The van der Waals surface area contributed by atoms with Gasteiger partial charge in [0, 0.05) is 42.5 Å². The quantitative estimate of drug-likeness (QED) is 0.298. The molecule has 2 aromatic heterocycles. The number of hydrogen-bond acceptors (Lipinski definition) is 4. The summed E-state index contributed by atoms with van der Waals surface area (Å²) in [6.07, 6.45) is 3.87. The third-order valence-electron chi connectivity index (χ3n) is 7.71. The van der Waals surface area contributed by atoms with Crippen molar-refractivity contribution in [1.82, 2.24) is 19.5 Å². The van der Waals surface area contributed by atoms with E-state index >= 15 is 0 Å². The molecule has 0 bridgehead atoms. The van der Waals surface area contributed by atoms with Gasteiger partial charge < -0.3 is 10.2 Å². The summed E-state index contributed by atoms with van der Waals surface area (Å²) in [6.45, 7) is 2.22. The Labute approximate surface area is 240 Å². The maximum absolute atomic E-state index is 14.0. The van der Waals surface area contributed by atoms with Gasteiger partial charge in [-0.25, -0.2) is 4.98 Å². The Bertz CT molecular complexity index is 1590. The predicted octanol–water partition coefficient (Wildman–Crippen LogP) is 4.79. The van der Waals surface area contributed by atoms with Gasteiger partial charge in [0.25, 0.3) is 0 Å². The molecule has 1 unspecified atom stereocenters. The molecule has 1 amide bonds. The number of amides is 1.